The number of amides is 1. The number of nitrogens with one attached hydrogen (secondary N) is 1. The average Bonchev–Trinajstić information content (AvgIpc) is 3.28. The van der Waals surface area contributed by atoms with E-state index in [-0.39, 0.29) is 23.4 Å². The predicted molar refractivity (Wildman–Crippen MR) is 119 cm³/mol. The molecule has 1 amide bonds. The summed E-state index contributed by atoms with van der Waals surface area (Å²) in [5, 5.41) is 3.13. The lowest BCUT2D eigenvalue weighted by molar-refractivity contribution is -0.120. The van der Waals surface area contributed by atoms with Gasteiger partial charge in [-0.15, -0.1) is 0 Å². The van der Waals surface area contributed by atoms with E-state index >= 15 is 0 Å². The van der Waals surface area contributed by atoms with Crippen LogP contribution in [0.25, 0.3) is 0 Å². The van der Waals surface area contributed by atoms with Crippen LogP contribution in [0.2, 0.25) is 0 Å². The zero-order valence-electron chi connectivity index (χ0n) is 17.9. The molecule has 0 heterocycles. The Labute approximate surface area is 179 Å². The minimum absolute atomic E-state index is 0.180. The first-order chi connectivity index (χ1) is 14.2. The molecule has 30 heavy (non-hydrogen) atoms. The maximum absolute atomic E-state index is 13.5. The van der Waals surface area contributed by atoms with Crippen LogP contribution in [0.4, 0.5) is 5.69 Å². The second-order valence-electron chi connectivity index (χ2n) is 9.02. The molecule has 3 atom stereocenters. The fourth-order valence-electron chi connectivity index (χ4n) is 5.05. The van der Waals surface area contributed by atoms with Crippen molar-refractivity contribution in [2.75, 3.05) is 10.8 Å². The average molecular weight is 427 g/mol. The molecule has 6 heteroatoms. The highest BCUT2D eigenvalue weighted by atomic mass is 32.2. The molecule has 160 valence electrons. The van der Waals surface area contributed by atoms with Crippen LogP contribution in [0.5, 0.6) is 0 Å². The zero-order valence-corrected chi connectivity index (χ0v) is 18.7. The minimum atomic E-state index is -3.87. The molecular weight excluding hydrogens is 396 g/mol. The third kappa shape index (κ3) is 4.24. The zero-order chi connectivity index (χ0) is 21.5. The van der Waals surface area contributed by atoms with Gasteiger partial charge in [0.2, 0.25) is 5.91 Å². The van der Waals surface area contributed by atoms with Gasteiger partial charge in [0.1, 0.15) is 6.54 Å². The summed E-state index contributed by atoms with van der Waals surface area (Å²) in [6.07, 6.45) is 4.63. The molecule has 2 aliphatic rings. The predicted octanol–water partition coefficient (Wildman–Crippen LogP) is 4.11. The van der Waals surface area contributed by atoms with Crippen molar-refractivity contribution in [2.45, 2.75) is 57.4 Å². The van der Waals surface area contributed by atoms with Crippen molar-refractivity contribution in [1.29, 1.82) is 0 Å². The first-order valence-electron chi connectivity index (χ1n) is 10.7. The number of anilines is 1. The second kappa shape index (κ2) is 8.06. The third-order valence-electron chi connectivity index (χ3n) is 6.48. The first-order valence-corrected chi connectivity index (χ1v) is 12.1. The fourth-order valence-corrected chi connectivity index (χ4v) is 6.46. The van der Waals surface area contributed by atoms with Crippen LogP contribution in [0, 0.1) is 32.6 Å². The van der Waals surface area contributed by atoms with Gasteiger partial charge in [-0.25, -0.2) is 8.42 Å². The number of rotatable bonds is 6. The van der Waals surface area contributed by atoms with Gasteiger partial charge in [0.25, 0.3) is 10.0 Å². The lowest BCUT2D eigenvalue weighted by Crippen LogP contribution is -2.46. The first kappa shape index (κ1) is 20.9. The Kier molecular flexibility index (Phi) is 5.62. The Hall–Kier alpha value is -2.34. The van der Waals surface area contributed by atoms with Crippen LogP contribution >= 0.6 is 0 Å². The summed E-state index contributed by atoms with van der Waals surface area (Å²) in [6.45, 7) is 5.57. The van der Waals surface area contributed by atoms with E-state index in [1.165, 1.54) is 17.1 Å². The van der Waals surface area contributed by atoms with Crippen molar-refractivity contribution in [3.05, 3.63) is 59.2 Å². The molecule has 0 radical (unpaired) electrons. The number of fused-ring (bicyclic) bond motifs is 2. The Morgan fingerprint density at radius 1 is 0.967 bits per heavy atom. The summed E-state index contributed by atoms with van der Waals surface area (Å²) in [5.41, 5.74) is 3.43. The number of sulfonamides is 1. The highest BCUT2D eigenvalue weighted by Gasteiger charge is 2.40. The van der Waals surface area contributed by atoms with Crippen molar-refractivity contribution in [3.63, 3.8) is 0 Å². The van der Waals surface area contributed by atoms with E-state index < -0.39 is 10.0 Å². The van der Waals surface area contributed by atoms with Gasteiger partial charge in [0.15, 0.2) is 0 Å². The largest absolute Gasteiger partial charge is 0.352 e. The number of hydrogen-bond acceptors (Lipinski definition) is 3. The number of hydrogen-bond donors (Lipinski definition) is 1. The molecule has 2 saturated carbocycles. The monoisotopic (exact) mass is 426 g/mol. The number of carbonyl (C=O) groups excluding carboxylic acids is 1. The minimum Gasteiger partial charge on any atom is -0.352 e. The quantitative estimate of drug-likeness (QED) is 0.756. The normalized spacial score (nSPS) is 22.8. The van der Waals surface area contributed by atoms with Crippen LogP contribution < -0.4 is 9.62 Å². The second-order valence-corrected chi connectivity index (χ2v) is 10.9. The van der Waals surface area contributed by atoms with Gasteiger partial charge in [-0.05, 0) is 87.3 Å². The van der Waals surface area contributed by atoms with Crippen molar-refractivity contribution in [1.82, 2.24) is 5.32 Å². The van der Waals surface area contributed by atoms with E-state index in [1.807, 2.05) is 39.0 Å². The number of nitrogens with zero attached hydrogens (tertiary/aromatic N) is 1. The van der Waals surface area contributed by atoms with E-state index in [9.17, 15) is 13.2 Å². The van der Waals surface area contributed by atoms with Gasteiger partial charge in [-0.2, -0.15) is 0 Å². The van der Waals surface area contributed by atoms with Crippen LogP contribution in [-0.4, -0.2) is 26.9 Å². The Morgan fingerprint density at radius 2 is 1.63 bits per heavy atom. The molecule has 0 aliphatic heterocycles. The Morgan fingerprint density at radius 3 is 2.20 bits per heavy atom. The van der Waals surface area contributed by atoms with E-state index in [2.05, 4.69) is 5.32 Å². The standard InChI is InChI=1S/C24H30N2O3S/c1-16-4-8-22(9-5-16)30(28,29)26(21-11-17(2)10-18(3)12-21)15-24(27)25-23-14-19-6-7-20(23)13-19/h4-5,8-12,19-20,23H,6-7,13-15H2,1-3H3,(H,25,27)/t19-,20-,23+/m0/s1. The summed E-state index contributed by atoms with van der Waals surface area (Å²) in [7, 11) is -3.87. The molecule has 0 unspecified atom stereocenters. The molecular formula is C24H30N2O3S. The fraction of sp³-hybridized carbons (Fsp3) is 0.458. The molecule has 2 fully saturated rings. The lowest BCUT2D eigenvalue weighted by Gasteiger charge is -2.27. The van der Waals surface area contributed by atoms with Crippen LogP contribution in [0.15, 0.2) is 47.4 Å². The molecule has 2 aliphatic carbocycles. The number of benzene rings is 2. The van der Waals surface area contributed by atoms with Gasteiger partial charge in [-0.3, -0.25) is 9.10 Å². The van der Waals surface area contributed by atoms with E-state index in [4.69, 9.17) is 0 Å². The smallest absolute Gasteiger partial charge is 0.264 e. The topological polar surface area (TPSA) is 66.5 Å². The van der Waals surface area contributed by atoms with Gasteiger partial charge in [0, 0.05) is 6.04 Å². The van der Waals surface area contributed by atoms with E-state index in [0.717, 1.165) is 29.5 Å². The summed E-state index contributed by atoms with van der Waals surface area (Å²) in [6, 6.07) is 12.6. The highest BCUT2D eigenvalue weighted by Crippen LogP contribution is 2.44. The highest BCUT2D eigenvalue weighted by molar-refractivity contribution is 7.92. The van der Waals surface area contributed by atoms with Crippen molar-refractivity contribution in [2.24, 2.45) is 11.8 Å². The van der Waals surface area contributed by atoms with Gasteiger partial charge in [0.05, 0.1) is 10.6 Å². The third-order valence-corrected chi connectivity index (χ3v) is 8.26. The summed E-state index contributed by atoms with van der Waals surface area (Å²) < 4.78 is 28.3. The molecule has 5 nitrogen and oxygen atoms in total. The molecule has 0 aromatic heterocycles. The van der Waals surface area contributed by atoms with E-state index in [0.29, 0.717) is 17.5 Å². The molecule has 0 saturated heterocycles. The molecule has 2 aromatic rings. The van der Waals surface area contributed by atoms with Gasteiger partial charge in [-0.1, -0.05) is 30.2 Å². The van der Waals surface area contributed by atoms with Crippen LogP contribution in [0.3, 0.4) is 0 Å². The van der Waals surface area contributed by atoms with Crippen molar-refractivity contribution in [3.8, 4) is 0 Å². The summed E-state index contributed by atoms with van der Waals surface area (Å²) in [5.74, 6) is 1.02. The van der Waals surface area contributed by atoms with Gasteiger partial charge >= 0.3 is 0 Å². The molecule has 2 aromatic carbocycles. The van der Waals surface area contributed by atoms with Crippen LogP contribution in [-0.2, 0) is 14.8 Å². The SMILES string of the molecule is Cc1ccc(S(=O)(=O)N(CC(=O)N[C@@H]2C[C@H]3CC[C@H]2C3)c2cc(C)cc(C)c2)cc1. The number of carbonyl (C=O) groups is 1. The lowest BCUT2D eigenvalue weighted by atomic mass is 9.95. The Balaban J connectivity index is 1.63. The summed E-state index contributed by atoms with van der Waals surface area (Å²) >= 11 is 0. The summed E-state index contributed by atoms with van der Waals surface area (Å²) in [4.78, 5) is 13.1. The number of aryl methyl sites for hydroxylation is 3. The molecule has 0 spiro atoms. The molecule has 1 N–H and O–H groups in total. The maximum atomic E-state index is 13.5. The van der Waals surface area contributed by atoms with Crippen molar-refractivity contribution >= 4 is 21.6 Å². The Bertz CT molecular complexity index is 1030. The molecule has 2 bridgehead atoms. The van der Waals surface area contributed by atoms with Crippen molar-refractivity contribution < 1.29 is 13.2 Å². The van der Waals surface area contributed by atoms with E-state index in [1.54, 1.807) is 24.3 Å². The van der Waals surface area contributed by atoms with Crippen LogP contribution in [0.1, 0.15) is 42.4 Å². The maximum Gasteiger partial charge on any atom is 0.264 e. The molecule has 4 rings (SSSR count). The van der Waals surface area contributed by atoms with Gasteiger partial charge < -0.3 is 5.32 Å².